The average Bonchev–Trinajstić information content (AvgIpc) is 2.91. The summed E-state index contributed by atoms with van der Waals surface area (Å²) in [5.41, 5.74) is 4.89. The topological polar surface area (TPSA) is 109 Å². The number of rotatable bonds is 4. The van der Waals surface area contributed by atoms with E-state index in [2.05, 4.69) is 11.9 Å². The SMILES string of the molecule is C=C1c2cc(Cl)ccc2Nc2cc3c(=O)c4cc(Cl)ccc4n(Cc4cc(C(=O)O)cc(C(=O)O)c4)c3cc21. The van der Waals surface area contributed by atoms with Gasteiger partial charge in [-0.1, -0.05) is 29.8 Å². The third-order valence-electron chi connectivity index (χ3n) is 6.89. The summed E-state index contributed by atoms with van der Waals surface area (Å²) < 4.78 is 1.86. The number of nitrogens with zero attached hydrogens (tertiary/aromatic N) is 1. The van der Waals surface area contributed by atoms with Gasteiger partial charge in [-0.05, 0) is 77.9 Å². The minimum absolute atomic E-state index is 0.0947. The number of fused-ring (bicyclic) bond motifs is 4. The van der Waals surface area contributed by atoms with Crippen LogP contribution in [0.5, 0.6) is 0 Å². The van der Waals surface area contributed by atoms with Crippen molar-refractivity contribution in [3.8, 4) is 0 Å². The van der Waals surface area contributed by atoms with Gasteiger partial charge in [0.2, 0.25) is 0 Å². The number of anilines is 2. The minimum atomic E-state index is -1.24. The molecule has 192 valence electrons. The number of nitrogens with one attached hydrogen (secondary N) is 1. The van der Waals surface area contributed by atoms with Crippen LogP contribution in [0.1, 0.15) is 37.4 Å². The largest absolute Gasteiger partial charge is 0.478 e. The van der Waals surface area contributed by atoms with Crippen molar-refractivity contribution in [2.75, 3.05) is 5.32 Å². The third-order valence-corrected chi connectivity index (χ3v) is 7.36. The number of aromatic carboxylic acids is 2. The fourth-order valence-electron chi connectivity index (χ4n) is 5.10. The maximum absolute atomic E-state index is 13.7. The predicted octanol–water partition coefficient (Wildman–Crippen LogP) is 7.02. The number of pyridine rings is 1. The first kappa shape index (κ1) is 24.7. The Morgan fingerprint density at radius 1 is 0.769 bits per heavy atom. The van der Waals surface area contributed by atoms with E-state index in [4.69, 9.17) is 23.2 Å². The molecule has 7 nitrogen and oxygen atoms in total. The first-order valence-electron chi connectivity index (χ1n) is 11.8. The Balaban J connectivity index is 1.64. The molecule has 5 aromatic rings. The lowest BCUT2D eigenvalue weighted by molar-refractivity contribution is 0.0696. The van der Waals surface area contributed by atoms with Gasteiger partial charge >= 0.3 is 11.9 Å². The van der Waals surface area contributed by atoms with Crippen LogP contribution in [-0.4, -0.2) is 26.7 Å². The smallest absolute Gasteiger partial charge is 0.335 e. The maximum Gasteiger partial charge on any atom is 0.335 e. The van der Waals surface area contributed by atoms with E-state index in [9.17, 15) is 24.6 Å². The Bertz CT molecular complexity index is 1960. The second-order valence-electron chi connectivity index (χ2n) is 9.31. The van der Waals surface area contributed by atoms with Crippen molar-refractivity contribution in [1.29, 1.82) is 0 Å². The number of benzene rings is 4. The lowest BCUT2D eigenvalue weighted by Crippen LogP contribution is -2.15. The van der Waals surface area contributed by atoms with E-state index in [1.54, 1.807) is 30.3 Å². The molecule has 0 saturated heterocycles. The molecular weight excluding hydrogens is 539 g/mol. The molecule has 3 N–H and O–H groups in total. The molecule has 0 atom stereocenters. The van der Waals surface area contributed by atoms with Gasteiger partial charge in [-0.3, -0.25) is 4.79 Å². The number of carbonyl (C=O) groups is 2. The molecule has 39 heavy (non-hydrogen) atoms. The molecule has 4 aromatic carbocycles. The van der Waals surface area contributed by atoms with Crippen molar-refractivity contribution in [3.05, 3.63) is 121 Å². The molecule has 0 bridgehead atoms. The zero-order chi connectivity index (χ0) is 27.6. The van der Waals surface area contributed by atoms with Crippen molar-refractivity contribution in [3.63, 3.8) is 0 Å². The Hall–Kier alpha value is -4.59. The molecule has 1 aliphatic rings. The van der Waals surface area contributed by atoms with Crippen LogP contribution in [0.15, 0.2) is 78.1 Å². The first-order chi connectivity index (χ1) is 18.6. The van der Waals surface area contributed by atoms with Crippen molar-refractivity contribution in [2.24, 2.45) is 0 Å². The highest BCUT2D eigenvalue weighted by molar-refractivity contribution is 6.31. The molecule has 0 aliphatic carbocycles. The van der Waals surface area contributed by atoms with Crippen LogP contribution in [0, 0.1) is 0 Å². The summed E-state index contributed by atoms with van der Waals surface area (Å²) in [4.78, 5) is 37.1. The number of aromatic nitrogens is 1. The van der Waals surface area contributed by atoms with Gasteiger partial charge in [-0.15, -0.1) is 0 Å². The maximum atomic E-state index is 13.7. The van der Waals surface area contributed by atoms with E-state index in [0.29, 0.717) is 43.1 Å². The number of hydrogen-bond donors (Lipinski definition) is 3. The van der Waals surface area contributed by atoms with E-state index >= 15 is 0 Å². The summed E-state index contributed by atoms with van der Waals surface area (Å²) in [6, 6.07) is 18.0. The molecule has 1 aliphatic heterocycles. The zero-order valence-corrected chi connectivity index (χ0v) is 21.6. The summed E-state index contributed by atoms with van der Waals surface area (Å²) in [5, 5.41) is 24.2. The second-order valence-corrected chi connectivity index (χ2v) is 10.2. The van der Waals surface area contributed by atoms with Gasteiger partial charge in [0.25, 0.3) is 0 Å². The Kier molecular flexibility index (Phi) is 5.71. The molecule has 0 spiro atoms. The van der Waals surface area contributed by atoms with Gasteiger partial charge in [0, 0.05) is 49.9 Å². The van der Waals surface area contributed by atoms with Crippen LogP contribution in [0.3, 0.4) is 0 Å². The fourth-order valence-corrected chi connectivity index (χ4v) is 5.44. The molecule has 9 heteroatoms. The van der Waals surface area contributed by atoms with Crippen LogP contribution in [0.4, 0.5) is 11.4 Å². The van der Waals surface area contributed by atoms with E-state index in [1.165, 1.54) is 12.1 Å². The van der Waals surface area contributed by atoms with Crippen molar-refractivity contribution in [1.82, 2.24) is 4.57 Å². The molecule has 0 saturated carbocycles. The van der Waals surface area contributed by atoms with Gasteiger partial charge in [0.15, 0.2) is 5.43 Å². The van der Waals surface area contributed by atoms with Gasteiger partial charge in [-0.25, -0.2) is 9.59 Å². The van der Waals surface area contributed by atoms with Crippen molar-refractivity contribution in [2.45, 2.75) is 6.54 Å². The third kappa shape index (κ3) is 4.12. The molecular formula is C30H18Cl2N2O5. The molecule has 0 amide bonds. The molecule has 0 fully saturated rings. The predicted molar refractivity (Wildman–Crippen MR) is 153 cm³/mol. The summed E-state index contributed by atoms with van der Waals surface area (Å²) in [6.07, 6.45) is 0. The highest BCUT2D eigenvalue weighted by Crippen LogP contribution is 2.42. The number of carboxylic acids is 2. The lowest BCUT2D eigenvalue weighted by atomic mass is 9.91. The number of hydrogen-bond acceptors (Lipinski definition) is 4. The standard InChI is InChI=1S/C30H18Cl2N2O5/c1-14-20-9-18(31)2-4-24(20)33-25-11-23-27(12-21(14)25)34(26-5-3-19(32)10-22(26)28(23)35)13-15-6-16(29(36)37)8-17(7-15)30(38)39/h2-12,33H,1,13H2,(H,36,37)(H,38,39). The summed E-state index contributed by atoms with van der Waals surface area (Å²) >= 11 is 12.5. The second kappa shape index (κ2) is 9.01. The summed E-state index contributed by atoms with van der Waals surface area (Å²) in [5.74, 6) is -2.48. The molecule has 2 heterocycles. The van der Waals surface area contributed by atoms with E-state index in [0.717, 1.165) is 28.5 Å². The van der Waals surface area contributed by atoms with Crippen molar-refractivity contribution >= 4 is 73.9 Å². The average molecular weight is 557 g/mol. The molecule has 6 rings (SSSR count). The molecule has 0 unspecified atom stereocenters. The molecule has 1 aromatic heterocycles. The highest BCUT2D eigenvalue weighted by atomic mass is 35.5. The Morgan fingerprint density at radius 3 is 2.08 bits per heavy atom. The monoisotopic (exact) mass is 556 g/mol. The van der Waals surface area contributed by atoms with Crippen LogP contribution >= 0.6 is 23.2 Å². The van der Waals surface area contributed by atoms with Crippen molar-refractivity contribution < 1.29 is 19.8 Å². The minimum Gasteiger partial charge on any atom is -0.478 e. The van der Waals surface area contributed by atoms with E-state index in [-0.39, 0.29) is 23.1 Å². The van der Waals surface area contributed by atoms with E-state index in [1.807, 2.05) is 22.8 Å². The van der Waals surface area contributed by atoms with Crippen LogP contribution in [0.2, 0.25) is 10.0 Å². The fraction of sp³-hybridized carbons (Fsp3) is 0.0333. The van der Waals surface area contributed by atoms with Crippen LogP contribution < -0.4 is 10.7 Å². The van der Waals surface area contributed by atoms with E-state index < -0.39 is 11.9 Å². The van der Waals surface area contributed by atoms with Crippen LogP contribution in [-0.2, 0) is 6.54 Å². The normalized spacial score (nSPS) is 12.2. The zero-order valence-electron chi connectivity index (χ0n) is 20.1. The quantitative estimate of drug-likeness (QED) is 0.201. The number of halogens is 2. The Morgan fingerprint density at radius 2 is 1.38 bits per heavy atom. The lowest BCUT2D eigenvalue weighted by Gasteiger charge is -2.25. The number of carboxylic acid groups (broad SMARTS) is 2. The molecule has 0 radical (unpaired) electrons. The first-order valence-corrected chi connectivity index (χ1v) is 12.5. The van der Waals surface area contributed by atoms with Gasteiger partial charge in [0.1, 0.15) is 0 Å². The summed E-state index contributed by atoms with van der Waals surface area (Å²) in [7, 11) is 0. The summed E-state index contributed by atoms with van der Waals surface area (Å²) in [6.45, 7) is 4.38. The highest BCUT2D eigenvalue weighted by Gasteiger charge is 2.22. The van der Waals surface area contributed by atoms with Gasteiger partial charge in [-0.2, -0.15) is 0 Å². The van der Waals surface area contributed by atoms with Gasteiger partial charge < -0.3 is 20.1 Å². The van der Waals surface area contributed by atoms with Crippen LogP contribution in [0.25, 0.3) is 27.4 Å². The Labute approximate surface area is 231 Å². The van der Waals surface area contributed by atoms with Gasteiger partial charge in [0.05, 0.1) is 22.2 Å².